The number of aromatic amines is 1. The Hall–Kier alpha value is -5.13. The number of aromatic hydroxyl groups is 1. The van der Waals surface area contributed by atoms with Crippen LogP contribution in [0.15, 0.2) is 54.6 Å². The zero-order valence-electron chi connectivity index (χ0n) is 21.6. The van der Waals surface area contributed by atoms with E-state index in [1.807, 2.05) is 72.2 Å². The SMILES string of the molecule is CC/C=C/c1nc2c(O)nnc(OC(=O)OC(C)C)c2n1Cc1ccc(-c2ccccc2-c2nnn[nH]2)cc1. The van der Waals surface area contributed by atoms with Gasteiger partial charge in [-0.3, -0.25) is 0 Å². The van der Waals surface area contributed by atoms with E-state index in [0.29, 0.717) is 23.7 Å². The van der Waals surface area contributed by atoms with Gasteiger partial charge in [0, 0.05) is 12.1 Å². The minimum absolute atomic E-state index is 0.108. The Morgan fingerprint density at radius 1 is 1.08 bits per heavy atom. The molecule has 0 aliphatic rings. The summed E-state index contributed by atoms with van der Waals surface area (Å²) in [6, 6.07) is 15.8. The van der Waals surface area contributed by atoms with Crippen molar-refractivity contribution in [3.8, 4) is 34.3 Å². The molecule has 2 N–H and O–H groups in total. The number of allylic oxidation sites excluding steroid dienone is 1. The van der Waals surface area contributed by atoms with Crippen molar-refractivity contribution in [2.75, 3.05) is 0 Å². The monoisotopic (exact) mass is 526 g/mol. The van der Waals surface area contributed by atoms with Crippen LogP contribution < -0.4 is 4.74 Å². The van der Waals surface area contributed by atoms with Crippen molar-refractivity contribution in [2.24, 2.45) is 0 Å². The largest absolute Gasteiger partial charge is 0.515 e. The molecular weight excluding hydrogens is 500 g/mol. The van der Waals surface area contributed by atoms with Gasteiger partial charge in [-0.15, -0.1) is 15.3 Å². The van der Waals surface area contributed by atoms with Crippen LogP contribution in [0, 0.1) is 0 Å². The van der Waals surface area contributed by atoms with Gasteiger partial charge in [0.25, 0.3) is 11.8 Å². The summed E-state index contributed by atoms with van der Waals surface area (Å²) in [7, 11) is 0. The van der Waals surface area contributed by atoms with Crippen LogP contribution in [0.3, 0.4) is 0 Å². The van der Waals surface area contributed by atoms with Gasteiger partial charge in [0.15, 0.2) is 11.3 Å². The molecule has 0 amide bonds. The fourth-order valence-electron chi connectivity index (χ4n) is 4.09. The topological polar surface area (TPSA) is 154 Å². The molecule has 0 unspecified atom stereocenters. The highest BCUT2D eigenvalue weighted by Crippen LogP contribution is 2.32. The second kappa shape index (κ2) is 11.1. The third-order valence-electron chi connectivity index (χ3n) is 5.79. The van der Waals surface area contributed by atoms with Crippen molar-refractivity contribution in [1.82, 2.24) is 40.4 Å². The molecule has 3 aromatic heterocycles. The molecule has 5 rings (SSSR count). The lowest BCUT2D eigenvalue weighted by molar-refractivity contribution is 0.0716. The molecule has 198 valence electrons. The van der Waals surface area contributed by atoms with E-state index < -0.39 is 6.16 Å². The number of carbonyl (C=O) groups is 1. The summed E-state index contributed by atoms with van der Waals surface area (Å²) >= 11 is 0. The molecule has 3 heterocycles. The van der Waals surface area contributed by atoms with Crippen molar-refractivity contribution >= 4 is 23.3 Å². The molecule has 12 nitrogen and oxygen atoms in total. The lowest BCUT2D eigenvalue weighted by Gasteiger charge is -2.12. The van der Waals surface area contributed by atoms with E-state index in [1.165, 1.54) is 0 Å². The molecular formula is C27H26N8O4. The first-order valence-corrected chi connectivity index (χ1v) is 12.4. The van der Waals surface area contributed by atoms with Gasteiger partial charge in [-0.25, -0.2) is 14.9 Å². The number of ether oxygens (including phenoxy) is 2. The fourth-order valence-corrected chi connectivity index (χ4v) is 4.09. The number of imidazole rings is 1. The highest BCUT2D eigenvalue weighted by Gasteiger charge is 2.23. The molecule has 0 fully saturated rings. The number of nitrogens with zero attached hydrogens (tertiary/aromatic N) is 7. The normalized spacial score (nSPS) is 11.5. The lowest BCUT2D eigenvalue weighted by Crippen LogP contribution is -2.17. The van der Waals surface area contributed by atoms with Gasteiger partial charge < -0.3 is 19.1 Å². The number of fused-ring (bicyclic) bond motifs is 1. The number of tetrazole rings is 1. The molecule has 0 radical (unpaired) electrons. The maximum Gasteiger partial charge on any atom is 0.515 e. The summed E-state index contributed by atoms with van der Waals surface area (Å²) in [6.45, 7) is 5.78. The van der Waals surface area contributed by atoms with E-state index in [9.17, 15) is 9.90 Å². The van der Waals surface area contributed by atoms with E-state index in [4.69, 9.17) is 9.47 Å². The maximum absolute atomic E-state index is 12.3. The van der Waals surface area contributed by atoms with Crippen LogP contribution in [-0.4, -0.2) is 57.7 Å². The van der Waals surface area contributed by atoms with Crippen LogP contribution in [0.5, 0.6) is 11.8 Å². The number of benzene rings is 2. The summed E-state index contributed by atoms with van der Waals surface area (Å²) < 4.78 is 12.3. The van der Waals surface area contributed by atoms with Crippen molar-refractivity contribution < 1.29 is 19.4 Å². The molecule has 0 aliphatic heterocycles. The molecule has 0 atom stereocenters. The summed E-state index contributed by atoms with van der Waals surface area (Å²) in [4.78, 5) is 16.8. The fraction of sp³-hybridized carbons (Fsp3) is 0.222. The Morgan fingerprint density at radius 3 is 2.54 bits per heavy atom. The Kier molecular flexibility index (Phi) is 7.26. The van der Waals surface area contributed by atoms with Crippen LogP contribution in [0.4, 0.5) is 4.79 Å². The number of hydrogen-bond donors (Lipinski definition) is 2. The summed E-state index contributed by atoms with van der Waals surface area (Å²) in [5, 5.41) is 32.3. The Morgan fingerprint density at radius 2 is 1.85 bits per heavy atom. The molecule has 12 heteroatoms. The zero-order chi connectivity index (χ0) is 27.4. The van der Waals surface area contributed by atoms with Crippen LogP contribution in [-0.2, 0) is 11.3 Å². The number of rotatable bonds is 8. The molecule has 0 saturated carbocycles. The molecule has 0 spiro atoms. The van der Waals surface area contributed by atoms with Crippen molar-refractivity contribution in [1.29, 1.82) is 0 Å². The lowest BCUT2D eigenvalue weighted by atomic mass is 9.98. The second-order valence-corrected chi connectivity index (χ2v) is 8.90. The molecule has 2 aromatic carbocycles. The predicted octanol–water partition coefficient (Wildman–Crippen LogP) is 4.77. The van der Waals surface area contributed by atoms with Crippen molar-refractivity contribution in [3.05, 3.63) is 66.0 Å². The van der Waals surface area contributed by atoms with Crippen LogP contribution in [0.25, 0.3) is 39.6 Å². The minimum atomic E-state index is -0.922. The third kappa shape index (κ3) is 5.44. The quantitative estimate of drug-likeness (QED) is 0.270. The second-order valence-electron chi connectivity index (χ2n) is 8.90. The van der Waals surface area contributed by atoms with Crippen LogP contribution in [0.1, 0.15) is 38.6 Å². The highest BCUT2D eigenvalue weighted by molar-refractivity contribution is 5.87. The van der Waals surface area contributed by atoms with Gasteiger partial charge in [0.05, 0.1) is 6.10 Å². The molecule has 39 heavy (non-hydrogen) atoms. The van der Waals surface area contributed by atoms with E-state index in [1.54, 1.807) is 13.8 Å². The minimum Gasteiger partial charge on any atom is -0.491 e. The Labute approximate surface area is 223 Å². The van der Waals surface area contributed by atoms with Gasteiger partial charge in [0.2, 0.25) is 0 Å². The summed E-state index contributed by atoms with van der Waals surface area (Å²) in [5.41, 5.74) is 4.27. The average molecular weight is 527 g/mol. The molecule has 0 bridgehead atoms. The predicted molar refractivity (Wildman–Crippen MR) is 143 cm³/mol. The van der Waals surface area contributed by atoms with Crippen LogP contribution >= 0.6 is 0 Å². The third-order valence-corrected chi connectivity index (χ3v) is 5.79. The number of hydrogen-bond acceptors (Lipinski definition) is 10. The molecule has 0 saturated heterocycles. The number of aromatic nitrogens is 8. The average Bonchev–Trinajstić information content (AvgIpc) is 3.59. The van der Waals surface area contributed by atoms with Gasteiger partial charge in [-0.1, -0.05) is 61.5 Å². The smallest absolute Gasteiger partial charge is 0.491 e. The van der Waals surface area contributed by atoms with Crippen LogP contribution in [0.2, 0.25) is 0 Å². The number of carbonyl (C=O) groups excluding carboxylic acids is 1. The maximum atomic E-state index is 12.3. The molecule has 0 aliphatic carbocycles. The van der Waals surface area contributed by atoms with E-state index in [2.05, 4.69) is 35.8 Å². The molecule has 5 aromatic rings. The number of H-pyrrole nitrogens is 1. The van der Waals surface area contributed by atoms with Crippen molar-refractivity contribution in [2.45, 2.75) is 39.8 Å². The first-order chi connectivity index (χ1) is 18.9. The summed E-state index contributed by atoms with van der Waals surface area (Å²) in [5.74, 6) is 0.652. The van der Waals surface area contributed by atoms with Crippen molar-refractivity contribution in [3.63, 3.8) is 0 Å². The van der Waals surface area contributed by atoms with Gasteiger partial charge >= 0.3 is 6.16 Å². The Bertz CT molecular complexity index is 1630. The Balaban J connectivity index is 1.53. The van der Waals surface area contributed by atoms with E-state index in [-0.39, 0.29) is 23.4 Å². The van der Waals surface area contributed by atoms with Gasteiger partial charge in [0.1, 0.15) is 11.3 Å². The number of nitrogens with one attached hydrogen (secondary N) is 1. The van der Waals surface area contributed by atoms with E-state index >= 15 is 0 Å². The zero-order valence-corrected chi connectivity index (χ0v) is 21.6. The summed E-state index contributed by atoms with van der Waals surface area (Å²) in [6.07, 6.45) is 3.27. The first kappa shape index (κ1) is 25.5. The van der Waals surface area contributed by atoms with Gasteiger partial charge in [-0.2, -0.15) is 0 Å². The van der Waals surface area contributed by atoms with Gasteiger partial charge in [-0.05, 0) is 53.5 Å². The van der Waals surface area contributed by atoms with E-state index in [0.717, 1.165) is 28.7 Å². The first-order valence-electron chi connectivity index (χ1n) is 12.4. The highest BCUT2D eigenvalue weighted by atomic mass is 16.7. The standard InChI is InChI=1S/C27H26N8O4/c1-4-5-10-21-28-22-23(26(32-31-25(22)36)39-27(37)38-16(2)3)35(21)15-17-11-13-18(14-12-17)19-8-6-7-9-20(19)24-29-33-34-30-24/h5-14,16H,4,15H2,1-3H3,(H,31,36)(H,29,30,33,34)/b10-5+.